The Morgan fingerprint density at radius 1 is 1.22 bits per heavy atom. The molecule has 1 amide bonds. The molecule has 1 N–H and O–H groups in total. The highest BCUT2D eigenvalue weighted by Crippen LogP contribution is 2.15. The molecule has 0 spiro atoms. The summed E-state index contributed by atoms with van der Waals surface area (Å²) in [5, 5.41) is 3.39. The molecule has 2 aliphatic rings. The van der Waals surface area contributed by atoms with Crippen molar-refractivity contribution in [3.05, 3.63) is 0 Å². The highest BCUT2D eigenvalue weighted by molar-refractivity contribution is 5.68. The maximum Gasteiger partial charge on any atom is 0.410 e. The zero-order valence-corrected chi connectivity index (χ0v) is 11.7. The number of nitrogens with one attached hydrogen (secondary N) is 1. The largest absolute Gasteiger partial charge is 0.444 e. The monoisotopic (exact) mass is 255 g/mol. The van der Waals surface area contributed by atoms with E-state index in [4.69, 9.17) is 4.74 Å². The summed E-state index contributed by atoms with van der Waals surface area (Å²) in [7, 11) is 0. The Morgan fingerprint density at radius 3 is 2.39 bits per heavy atom. The van der Waals surface area contributed by atoms with E-state index in [2.05, 4.69) is 10.2 Å². The van der Waals surface area contributed by atoms with Crippen molar-refractivity contribution < 1.29 is 9.53 Å². The number of piperazine rings is 1. The highest BCUT2D eigenvalue weighted by atomic mass is 16.6. The maximum absolute atomic E-state index is 11.9. The molecule has 0 aliphatic carbocycles. The van der Waals surface area contributed by atoms with Crippen LogP contribution in [0.25, 0.3) is 0 Å². The predicted octanol–water partition coefficient (Wildman–Crippen LogP) is 0.901. The number of ether oxygens (including phenoxy) is 1. The van der Waals surface area contributed by atoms with Gasteiger partial charge in [-0.1, -0.05) is 0 Å². The van der Waals surface area contributed by atoms with Gasteiger partial charge in [-0.2, -0.15) is 0 Å². The third-order valence-corrected chi connectivity index (χ3v) is 3.52. The molecule has 0 radical (unpaired) electrons. The molecule has 2 rings (SSSR count). The summed E-state index contributed by atoms with van der Waals surface area (Å²) in [6, 6.07) is 0.658. The lowest BCUT2D eigenvalue weighted by Gasteiger charge is -2.38. The molecule has 2 fully saturated rings. The van der Waals surface area contributed by atoms with Crippen LogP contribution in [0.3, 0.4) is 0 Å². The van der Waals surface area contributed by atoms with Crippen LogP contribution in [0.15, 0.2) is 0 Å². The molecule has 1 unspecified atom stereocenters. The molecule has 0 aromatic carbocycles. The van der Waals surface area contributed by atoms with Crippen molar-refractivity contribution in [2.75, 3.05) is 39.3 Å². The smallest absolute Gasteiger partial charge is 0.410 e. The zero-order chi connectivity index (χ0) is 13.2. The third-order valence-electron chi connectivity index (χ3n) is 3.52. The lowest BCUT2D eigenvalue weighted by molar-refractivity contribution is 0.0112. The number of hydrogen-bond acceptors (Lipinski definition) is 4. The minimum Gasteiger partial charge on any atom is -0.444 e. The fourth-order valence-electron chi connectivity index (χ4n) is 2.55. The number of carbonyl (C=O) groups is 1. The summed E-state index contributed by atoms with van der Waals surface area (Å²) < 4.78 is 5.39. The normalized spacial score (nSPS) is 26.4. The van der Waals surface area contributed by atoms with Crippen LogP contribution in [0, 0.1) is 0 Å². The molecule has 5 nitrogen and oxygen atoms in total. The number of carbonyl (C=O) groups excluding carboxylic acids is 1. The van der Waals surface area contributed by atoms with Crippen molar-refractivity contribution in [3.8, 4) is 0 Å². The zero-order valence-electron chi connectivity index (χ0n) is 11.7. The van der Waals surface area contributed by atoms with Gasteiger partial charge in [-0.15, -0.1) is 0 Å². The minimum absolute atomic E-state index is 0.174. The van der Waals surface area contributed by atoms with Crippen LogP contribution in [0.1, 0.15) is 27.2 Å². The third kappa shape index (κ3) is 3.59. The van der Waals surface area contributed by atoms with Gasteiger partial charge in [-0.05, 0) is 33.7 Å². The first-order chi connectivity index (χ1) is 8.46. The van der Waals surface area contributed by atoms with Crippen molar-refractivity contribution in [2.45, 2.75) is 38.8 Å². The Hall–Kier alpha value is -0.810. The van der Waals surface area contributed by atoms with Gasteiger partial charge >= 0.3 is 6.09 Å². The summed E-state index contributed by atoms with van der Waals surface area (Å²) in [6.45, 7) is 11.4. The van der Waals surface area contributed by atoms with E-state index in [9.17, 15) is 4.79 Å². The Labute approximate surface area is 109 Å². The molecule has 0 aromatic rings. The molecule has 0 aromatic heterocycles. The molecule has 0 saturated carbocycles. The second-order valence-electron chi connectivity index (χ2n) is 6.15. The maximum atomic E-state index is 11.9. The highest BCUT2D eigenvalue weighted by Gasteiger charge is 2.29. The first-order valence-electron chi connectivity index (χ1n) is 6.88. The fourth-order valence-corrected chi connectivity index (χ4v) is 2.55. The van der Waals surface area contributed by atoms with E-state index in [1.807, 2.05) is 25.7 Å². The second kappa shape index (κ2) is 5.45. The second-order valence-corrected chi connectivity index (χ2v) is 6.15. The summed E-state index contributed by atoms with van der Waals surface area (Å²) in [5.41, 5.74) is -0.399. The molecule has 104 valence electrons. The summed E-state index contributed by atoms with van der Waals surface area (Å²) >= 11 is 0. The number of hydrogen-bond donors (Lipinski definition) is 1. The van der Waals surface area contributed by atoms with Gasteiger partial charge in [0.25, 0.3) is 0 Å². The van der Waals surface area contributed by atoms with Crippen LogP contribution < -0.4 is 5.32 Å². The van der Waals surface area contributed by atoms with Crippen LogP contribution in [0.2, 0.25) is 0 Å². The molecule has 2 saturated heterocycles. The SMILES string of the molecule is CC(C)(C)OC(=O)N1CCN(C2CCNC2)CC1. The Morgan fingerprint density at radius 2 is 1.89 bits per heavy atom. The van der Waals surface area contributed by atoms with Crippen LogP contribution >= 0.6 is 0 Å². The van der Waals surface area contributed by atoms with Crippen molar-refractivity contribution in [1.29, 1.82) is 0 Å². The average Bonchev–Trinajstić information content (AvgIpc) is 2.80. The number of amides is 1. The summed E-state index contributed by atoms with van der Waals surface area (Å²) in [6.07, 6.45) is 1.05. The molecule has 2 heterocycles. The molecule has 5 heteroatoms. The van der Waals surface area contributed by atoms with E-state index >= 15 is 0 Å². The van der Waals surface area contributed by atoms with Crippen LogP contribution in [-0.4, -0.2) is 66.8 Å². The molecular weight excluding hydrogens is 230 g/mol. The molecule has 18 heavy (non-hydrogen) atoms. The number of rotatable bonds is 1. The van der Waals surface area contributed by atoms with Crippen molar-refractivity contribution in [1.82, 2.24) is 15.1 Å². The van der Waals surface area contributed by atoms with Gasteiger partial charge in [0.2, 0.25) is 0 Å². The van der Waals surface area contributed by atoms with E-state index in [1.165, 1.54) is 6.42 Å². The van der Waals surface area contributed by atoms with Gasteiger partial charge in [-0.3, -0.25) is 4.90 Å². The van der Waals surface area contributed by atoms with Crippen LogP contribution in [0.4, 0.5) is 4.79 Å². The fraction of sp³-hybridized carbons (Fsp3) is 0.923. The standard InChI is InChI=1S/C13H25N3O2/c1-13(2,3)18-12(17)16-8-6-15(7-9-16)11-4-5-14-10-11/h11,14H,4-10H2,1-3H3. The van der Waals surface area contributed by atoms with Gasteiger partial charge in [0.15, 0.2) is 0 Å². The number of nitrogens with zero attached hydrogens (tertiary/aromatic N) is 2. The quantitative estimate of drug-likeness (QED) is 0.756. The Balaban J connectivity index is 1.77. The van der Waals surface area contributed by atoms with Crippen molar-refractivity contribution >= 4 is 6.09 Å². The minimum atomic E-state index is -0.399. The summed E-state index contributed by atoms with van der Waals surface area (Å²) in [5.74, 6) is 0. The van der Waals surface area contributed by atoms with Crippen LogP contribution in [0.5, 0.6) is 0 Å². The lowest BCUT2D eigenvalue weighted by atomic mass is 10.2. The van der Waals surface area contributed by atoms with Crippen LogP contribution in [-0.2, 0) is 4.74 Å². The van der Waals surface area contributed by atoms with Crippen molar-refractivity contribution in [3.63, 3.8) is 0 Å². The van der Waals surface area contributed by atoms with Crippen molar-refractivity contribution in [2.24, 2.45) is 0 Å². The summed E-state index contributed by atoms with van der Waals surface area (Å²) in [4.78, 5) is 16.2. The topological polar surface area (TPSA) is 44.8 Å². The Bertz CT molecular complexity index is 287. The average molecular weight is 255 g/mol. The predicted molar refractivity (Wildman–Crippen MR) is 70.7 cm³/mol. The van der Waals surface area contributed by atoms with E-state index in [0.29, 0.717) is 6.04 Å². The molecule has 0 bridgehead atoms. The molecule has 1 atom stereocenters. The van der Waals surface area contributed by atoms with E-state index < -0.39 is 5.60 Å². The van der Waals surface area contributed by atoms with E-state index in [1.54, 1.807) is 0 Å². The first kappa shape index (κ1) is 13.6. The molecule has 2 aliphatic heterocycles. The van der Waals surface area contributed by atoms with Gasteiger partial charge in [0, 0.05) is 38.8 Å². The van der Waals surface area contributed by atoms with Gasteiger partial charge in [0.05, 0.1) is 0 Å². The van der Waals surface area contributed by atoms with E-state index in [0.717, 1.165) is 39.3 Å². The lowest BCUT2D eigenvalue weighted by Crippen LogP contribution is -2.53. The van der Waals surface area contributed by atoms with E-state index in [-0.39, 0.29) is 6.09 Å². The van der Waals surface area contributed by atoms with Gasteiger partial charge < -0.3 is 15.0 Å². The first-order valence-corrected chi connectivity index (χ1v) is 6.88. The Kier molecular flexibility index (Phi) is 4.12. The van der Waals surface area contributed by atoms with Gasteiger partial charge in [-0.25, -0.2) is 4.79 Å². The van der Waals surface area contributed by atoms with Gasteiger partial charge in [0.1, 0.15) is 5.60 Å². The molecular formula is C13H25N3O2.